The second-order valence-corrected chi connectivity index (χ2v) is 8.26. The molecule has 0 spiro atoms. The summed E-state index contributed by atoms with van der Waals surface area (Å²) in [5, 5.41) is 19.6. The molecular weight excluding hydrogens is 344 g/mol. The van der Waals surface area contributed by atoms with Crippen molar-refractivity contribution in [1.82, 2.24) is 14.6 Å². The summed E-state index contributed by atoms with van der Waals surface area (Å²) < 4.78 is 3.80. The molecular formula is C16H23N4O4S+. The summed E-state index contributed by atoms with van der Waals surface area (Å²) in [5.41, 5.74) is 0.0752. The Labute approximate surface area is 150 Å². The number of rotatable bonds is 6. The Morgan fingerprint density at radius 1 is 1.48 bits per heavy atom. The number of aliphatic hydroxyl groups is 1. The molecule has 136 valence electrons. The maximum atomic E-state index is 12.3. The number of nitrogens with zero attached hydrogens (tertiary/aromatic N) is 4. The molecule has 3 rings (SSSR count). The number of aliphatic hydroxyl groups excluding tert-OH is 1. The van der Waals surface area contributed by atoms with Gasteiger partial charge in [0.1, 0.15) is 12.7 Å². The van der Waals surface area contributed by atoms with Gasteiger partial charge in [0.25, 0.3) is 0 Å². The lowest BCUT2D eigenvalue weighted by molar-refractivity contribution is -0.754. The number of amides is 1. The number of thioether (sulfide) groups is 1. The number of carbonyl (C=O) groups is 2. The Morgan fingerprint density at radius 3 is 2.68 bits per heavy atom. The van der Waals surface area contributed by atoms with Gasteiger partial charge in [0.15, 0.2) is 0 Å². The van der Waals surface area contributed by atoms with Crippen molar-refractivity contribution in [2.24, 2.45) is 18.9 Å². The summed E-state index contributed by atoms with van der Waals surface area (Å²) in [5.74, 6) is -2.01. The molecule has 2 aliphatic heterocycles. The zero-order valence-electron chi connectivity index (χ0n) is 14.7. The highest BCUT2D eigenvalue weighted by molar-refractivity contribution is 8.03. The fraction of sp³-hybridized carbons (Fsp3) is 0.625. The number of hydrogen-bond acceptors (Lipinski definition) is 5. The van der Waals surface area contributed by atoms with Gasteiger partial charge < -0.3 is 15.1 Å². The maximum absolute atomic E-state index is 12.3. The lowest BCUT2D eigenvalue weighted by atomic mass is 9.79. The molecule has 0 aromatic carbocycles. The highest BCUT2D eigenvalue weighted by Gasteiger charge is 2.60. The predicted molar refractivity (Wildman–Crippen MR) is 90.1 cm³/mol. The highest BCUT2D eigenvalue weighted by atomic mass is 32.2. The number of aryl methyl sites for hydroxylation is 1. The Morgan fingerprint density at radius 2 is 2.16 bits per heavy atom. The number of aliphatic carboxylic acids is 1. The minimum absolute atomic E-state index is 0.0752. The molecule has 25 heavy (non-hydrogen) atoms. The minimum atomic E-state index is -1.09. The number of fused-ring (bicyclic) bond motifs is 1. The van der Waals surface area contributed by atoms with Crippen LogP contribution >= 0.6 is 11.8 Å². The Hall–Kier alpha value is -1.87. The molecule has 2 unspecified atom stereocenters. The molecule has 1 fully saturated rings. The van der Waals surface area contributed by atoms with E-state index in [-0.39, 0.29) is 28.8 Å². The molecule has 0 aliphatic carbocycles. The molecule has 1 amide bonds. The number of carbonyl (C=O) groups excluding carboxylic acids is 1. The average Bonchev–Trinajstić information content (AvgIpc) is 3.00. The van der Waals surface area contributed by atoms with Crippen LogP contribution in [0.3, 0.4) is 0 Å². The van der Waals surface area contributed by atoms with Crippen LogP contribution in [0.1, 0.15) is 20.8 Å². The average molecular weight is 367 g/mol. The standard InChI is InChI=1S/C16H22N4O4S/c1-8(5-19-7-17-6-18(19)4)25-14-9(2)12-11(10(3)21)15(22)20(12)13(14)16(23)24/h6-12,21H,5H2,1-4H3/p+1/t8?,9-,10-,11?,12-/m1/s1. The Balaban J connectivity index is 1.83. The molecule has 1 saturated heterocycles. The van der Waals surface area contributed by atoms with Crippen LogP contribution in [0.2, 0.25) is 0 Å². The molecule has 5 atom stereocenters. The van der Waals surface area contributed by atoms with Gasteiger partial charge in [-0.25, -0.2) is 4.79 Å². The van der Waals surface area contributed by atoms with Crippen molar-refractivity contribution in [2.45, 2.75) is 44.7 Å². The van der Waals surface area contributed by atoms with E-state index in [0.29, 0.717) is 11.4 Å². The number of carboxylic acids is 1. The summed E-state index contributed by atoms with van der Waals surface area (Å²) >= 11 is 1.48. The van der Waals surface area contributed by atoms with E-state index in [2.05, 4.69) is 4.98 Å². The zero-order chi connectivity index (χ0) is 18.5. The van der Waals surface area contributed by atoms with E-state index in [1.807, 2.05) is 30.3 Å². The molecule has 1 aromatic rings. The van der Waals surface area contributed by atoms with Crippen LogP contribution in [-0.4, -0.2) is 54.1 Å². The van der Waals surface area contributed by atoms with Gasteiger partial charge in [-0.15, -0.1) is 11.8 Å². The van der Waals surface area contributed by atoms with Crippen molar-refractivity contribution in [1.29, 1.82) is 0 Å². The third-order valence-corrected chi connectivity index (χ3v) is 6.29. The number of aromatic nitrogens is 3. The van der Waals surface area contributed by atoms with Gasteiger partial charge in [-0.2, -0.15) is 9.36 Å². The van der Waals surface area contributed by atoms with Crippen LogP contribution in [0.15, 0.2) is 23.3 Å². The van der Waals surface area contributed by atoms with Gasteiger partial charge >= 0.3 is 12.3 Å². The van der Waals surface area contributed by atoms with Crippen molar-refractivity contribution in [2.75, 3.05) is 0 Å². The van der Waals surface area contributed by atoms with Crippen molar-refractivity contribution < 1.29 is 24.5 Å². The molecule has 2 N–H and O–H groups in total. The second-order valence-electron chi connectivity index (χ2n) is 6.78. The lowest BCUT2D eigenvalue weighted by Gasteiger charge is -2.46. The fourth-order valence-electron chi connectivity index (χ4n) is 3.72. The minimum Gasteiger partial charge on any atom is -0.477 e. The van der Waals surface area contributed by atoms with E-state index in [9.17, 15) is 19.8 Å². The van der Waals surface area contributed by atoms with E-state index in [1.165, 1.54) is 16.7 Å². The van der Waals surface area contributed by atoms with Crippen LogP contribution in [0.5, 0.6) is 0 Å². The van der Waals surface area contributed by atoms with Crippen LogP contribution in [0, 0.1) is 11.8 Å². The summed E-state index contributed by atoms with van der Waals surface area (Å²) in [6.45, 7) is 6.21. The van der Waals surface area contributed by atoms with E-state index in [1.54, 1.807) is 19.6 Å². The maximum Gasteiger partial charge on any atom is 0.353 e. The molecule has 8 nitrogen and oxygen atoms in total. The molecule has 1 aromatic heterocycles. The SMILES string of the molecule is CC(Cn1cnc[n+]1C)SC1=C(C(=O)O)N2C(=O)C([C@@H](C)O)[C@H]2[C@H]1C. The molecule has 0 bridgehead atoms. The van der Waals surface area contributed by atoms with Crippen molar-refractivity contribution in [3.05, 3.63) is 23.3 Å². The molecule has 2 aliphatic rings. The first-order chi connectivity index (χ1) is 11.7. The Bertz CT molecular complexity index is 744. The van der Waals surface area contributed by atoms with Gasteiger partial charge in [-0.3, -0.25) is 4.79 Å². The highest BCUT2D eigenvalue weighted by Crippen LogP contribution is 2.51. The molecule has 3 heterocycles. The van der Waals surface area contributed by atoms with E-state index in [4.69, 9.17) is 0 Å². The van der Waals surface area contributed by atoms with Crippen molar-refractivity contribution >= 4 is 23.6 Å². The fourth-order valence-corrected chi connectivity index (χ4v) is 5.04. The number of carboxylic acid groups (broad SMARTS) is 1. The monoisotopic (exact) mass is 367 g/mol. The quantitative estimate of drug-likeness (QED) is 0.542. The van der Waals surface area contributed by atoms with Gasteiger partial charge in [-0.05, 0) is 11.9 Å². The van der Waals surface area contributed by atoms with Gasteiger partial charge in [0.2, 0.25) is 12.2 Å². The first-order valence-corrected chi connectivity index (χ1v) is 9.13. The van der Waals surface area contributed by atoms with E-state index >= 15 is 0 Å². The van der Waals surface area contributed by atoms with Gasteiger partial charge in [0, 0.05) is 16.1 Å². The van der Waals surface area contributed by atoms with Gasteiger partial charge in [-0.1, -0.05) is 13.8 Å². The topological polar surface area (TPSA) is 99.5 Å². The normalized spacial score (nSPS) is 28.0. The number of hydrogen-bond donors (Lipinski definition) is 2. The van der Waals surface area contributed by atoms with Crippen molar-refractivity contribution in [3.63, 3.8) is 0 Å². The largest absolute Gasteiger partial charge is 0.477 e. The summed E-state index contributed by atoms with van der Waals surface area (Å²) in [6, 6.07) is -0.266. The predicted octanol–water partition coefficient (Wildman–Crippen LogP) is -0.0170. The summed E-state index contributed by atoms with van der Waals surface area (Å²) in [4.78, 5) is 30.2. The second kappa shape index (κ2) is 6.45. The van der Waals surface area contributed by atoms with Crippen molar-refractivity contribution in [3.8, 4) is 0 Å². The smallest absolute Gasteiger partial charge is 0.353 e. The summed E-state index contributed by atoms with van der Waals surface area (Å²) in [6.07, 6.45) is 2.65. The number of β-lactam (4-membered cyclic amide) rings is 1. The summed E-state index contributed by atoms with van der Waals surface area (Å²) in [7, 11) is 1.89. The van der Waals surface area contributed by atoms with Crippen LogP contribution in [0.4, 0.5) is 0 Å². The third-order valence-electron chi connectivity index (χ3n) is 4.92. The first kappa shape index (κ1) is 17.9. The van der Waals surface area contributed by atoms with Crippen LogP contribution in [0.25, 0.3) is 0 Å². The van der Waals surface area contributed by atoms with Gasteiger partial charge in [0.05, 0.1) is 24.6 Å². The van der Waals surface area contributed by atoms with E-state index in [0.717, 1.165) is 0 Å². The molecule has 0 saturated carbocycles. The molecule has 9 heteroatoms. The molecule has 0 radical (unpaired) electrons. The Kier molecular flexibility index (Phi) is 4.63. The lowest BCUT2D eigenvalue weighted by Crippen LogP contribution is -2.63. The first-order valence-electron chi connectivity index (χ1n) is 8.25. The zero-order valence-corrected chi connectivity index (χ0v) is 15.5. The van der Waals surface area contributed by atoms with Crippen LogP contribution in [-0.2, 0) is 23.2 Å². The third kappa shape index (κ3) is 2.85. The van der Waals surface area contributed by atoms with E-state index < -0.39 is 18.0 Å². The van der Waals surface area contributed by atoms with Crippen LogP contribution < -0.4 is 4.68 Å².